The Bertz CT molecular complexity index is 1230. The van der Waals surface area contributed by atoms with E-state index >= 15 is 0 Å². The zero-order valence-corrected chi connectivity index (χ0v) is 21.0. The third-order valence-electron chi connectivity index (χ3n) is 6.16. The normalized spacial score (nSPS) is 12.3. The zero-order valence-electron chi connectivity index (χ0n) is 19.5. The number of carbonyl (C=O) groups is 2. The Morgan fingerprint density at radius 3 is 2.34 bits per heavy atom. The molecule has 3 N–H and O–H groups in total. The average Bonchev–Trinajstić information content (AvgIpc) is 2.86. The number of amidine groups is 1. The summed E-state index contributed by atoms with van der Waals surface area (Å²) < 4.78 is 0. The van der Waals surface area contributed by atoms with Gasteiger partial charge in [-0.05, 0) is 72.9 Å². The molecular formula is C27H28Cl2N4O2. The molecule has 4 rings (SSSR count). The summed E-state index contributed by atoms with van der Waals surface area (Å²) in [5.74, 6) is -0.00137. The van der Waals surface area contributed by atoms with E-state index in [1.165, 1.54) is 0 Å². The number of amides is 2. The third kappa shape index (κ3) is 6.02. The van der Waals surface area contributed by atoms with E-state index in [0.29, 0.717) is 35.5 Å². The number of nitrogens with one attached hydrogen (secondary N) is 1. The largest absolute Gasteiger partial charge is 0.384 e. The molecule has 6 nitrogen and oxygen atoms in total. The van der Waals surface area contributed by atoms with E-state index in [2.05, 4.69) is 0 Å². The van der Waals surface area contributed by atoms with E-state index in [4.69, 9.17) is 22.7 Å². The summed E-state index contributed by atoms with van der Waals surface area (Å²) in [4.78, 5) is 29.4. The molecule has 0 saturated carbocycles. The van der Waals surface area contributed by atoms with E-state index in [0.717, 1.165) is 35.3 Å². The van der Waals surface area contributed by atoms with Crippen LogP contribution in [0.5, 0.6) is 0 Å². The van der Waals surface area contributed by atoms with E-state index in [1.807, 2.05) is 47.4 Å². The summed E-state index contributed by atoms with van der Waals surface area (Å²) in [5, 5.41) is 8.07. The number of nitrogens with zero attached hydrogens (tertiary/aromatic N) is 2. The molecule has 1 heterocycles. The lowest BCUT2D eigenvalue weighted by Gasteiger charge is -2.31. The number of aryl methyl sites for hydroxylation is 2. The first-order valence-electron chi connectivity index (χ1n) is 11.2. The minimum atomic E-state index is -0.115. The number of benzene rings is 3. The fourth-order valence-corrected chi connectivity index (χ4v) is 4.32. The van der Waals surface area contributed by atoms with Gasteiger partial charge in [0.15, 0.2) is 0 Å². The maximum Gasteiger partial charge on any atom is 0.258 e. The molecule has 35 heavy (non-hydrogen) atoms. The van der Waals surface area contributed by atoms with Crippen LogP contribution in [0.25, 0.3) is 0 Å². The minimum absolute atomic E-state index is 0. The summed E-state index contributed by atoms with van der Waals surface area (Å²) in [7, 11) is 1.75. The SMILES string of the molecule is CN(C(=O)c1ccc(Cl)cc1)c1ccc2c(c1)CCCN2C(=O)CCc1ccc(C(=N)N)cc1.Cl. The molecule has 3 aromatic rings. The maximum absolute atomic E-state index is 13.0. The predicted octanol–water partition coefficient (Wildman–Crippen LogP) is 5.23. The van der Waals surface area contributed by atoms with Crippen LogP contribution in [0.1, 0.15) is 39.9 Å². The van der Waals surface area contributed by atoms with Crippen molar-refractivity contribution in [1.29, 1.82) is 5.41 Å². The van der Waals surface area contributed by atoms with Crippen LogP contribution in [0.15, 0.2) is 66.7 Å². The molecule has 1 aliphatic heterocycles. The van der Waals surface area contributed by atoms with Crippen LogP contribution in [0.4, 0.5) is 11.4 Å². The number of rotatable bonds is 6. The van der Waals surface area contributed by atoms with Gasteiger partial charge in [0, 0.05) is 47.5 Å². The molecule has 0 radical (unpaired) electrons. The molecular weight excluding hydrogens is 483 g/mol. The summed E-state index contributed by atoms with van der Waals surface area (Å²) in [6.45, 7) is 0.688. The number of hydrogen-bond donors (Lipinski definition) is 2. The summed E-state index contributed by atoms with van der Waals surface area (Å²) in [6, 6.07) is 20.1. The number of anilines is 2. The molecule has 2 amide bonds. The fraction of sp³-hybridized carbons (Fsp3) is 0.222. The van der Waals surface area contributed by atoms with Crippen LogP contribution in [0.3, 0.4) is 0 Å². The highest BCUT2D eigenvalue weighted by molar-refractivity contribution is 6.30. The molecule has 0 unspecified atom stereocenters. The van der Waals surface area contributed by atoms with Crippen LogP contribution < -0.4 is 15.5 Å². The molecule has 0 saturated heterocycles. The van der Waals surface area contributed by atoms with Crippen molar-refractivity contribution in [2.24, 2.45) is 5.73 Å². The first-order valence-corrected chi connectivity index (χ1v) is 11.6. The second-order valence-corrected chi connectivity index (χ2v) is 8.88. The van der Waals surface area contributed by atoms with E-state index in [9.17, 15) is 9.59 Å². The smallest absolute Gasteiger partial charge is 0.258 e. The standard InChI is InChI=1S/C27H27ClN4O2.ClH/c1-31(27(34)20-9-11-22(28)12-10-20)23-13-14-24-21(17-23)3-2-16-32(24)25(33)15-6-18-4-7-19(8-5-18)26(29)30;/h4-5,7-14,17H,2-3,6,15-16H2,1H3,(H3,29,30);1H. The molecule has 3 aromatic carbocycles. The van der Waals surface area contributed by atoms with Crippen molar-refractivity contribution in [3.63, 3.8) is 0 Å². The Balaban J connectivity index is 0.00000342. The second-order valence-electron chi connectivity index (χ2n) is 8.44. The Morgan fingerprint density at radius 1 is 1.03 bits per heavy atom. The van der Waals surface area contributed by atoms with Crippen LogP contribution in [0.2, 0.25) is 5.02 Å². The van der Waals surface area contributed by atoms with Gasteiger partial charge in [-0.15, -0.1) is 12.4 Å². The molecule has 0 aromatic heterocycles. The summed E-state index contributed by atoms with van der Waals surface area (Å²) in [6.07, 6.45) is 2.77. The number of hydrogen-bond acceptors (Lipinski definition) is 3. The van der Waals surface area contributed by atoms with Crippen molar-refractivity contribution < 1.29 is 9.59 Å². The number of nitrogen functional groups attached to an aromatic ring is 1. The Morgan fingerprint density at radius 2 is 1.69 bits per heavy atom. The Kier molecular flexibility index (Phi) is 8.54. The van der Waals surface area contributed by atoms with Crippen molar-refractivity contribution in [2.75, 3.05) is 23.4 Å². The third-order valence-corrected chi connectivity index (χ3v) is 6.41. The maximum atomic E-state index is 13.0. The first-order chi connectivity index (χ1) is 16.3. The Hall–Kier alpha value is -3.35. The lowest BCUT2D eigenvalue weighted by Crippen LogP contribution is -2.36. The van der Waals surface area contributed by atoms with E-state index in [-0.39, 0.29) is 30.1 Å². The molecule has 0 fully saturated rings. The second kappa shape index (κ2) is 11.4. The molecule has 182 valence electrons. The van der Waals surface area contributed by atoms with Crippen molar-refractivity contribution in [2.45, 2.75) is 25.7 Å². The molecule has 1 aliphatic rings. The fourth-order valence-electron chi connectivity index (χ4n) is 4.19. The van der Waals surface area contributed by atoms with E-state index in [1.54, 1.807) is 36.2 Å². The molecule has 0 spiro atoms. The van der Waals surface area contributed by atoms with Crippen LogP contribution in [0, 0.1) is 5.41 Å². The number of fused-ring (bicyclic) bond motifs is 1. The van der Waals surface area contributed by atoms with Gasteiger partial charge in [-0.1, -0.05) is 35.9 Å². The summed E-state index contributed by atoms with van der Waals surface area (Å²) in [5.41, 5.74) is 10.6. The van der Waals surface area contributed by atoms with Gasteiger partial charge in [0.05, 0.1) is 0 Å². The highest BCUT2D eigenvalue weighted by Gasteiger charge is 2.24. The highest BCUT2D eigenvalue weighted by Crippen LogP contribution is 2.32. The monoisotopic (exact) mass is 510 g/mol. The Labute approximate surface area is 216 Å². The number of carbonyl (C=O) groups excluding carboxylic acids is 2. The molecule has 0 atom stereocenters. The van der Waals surface area contributed by atoms with Gasteiger partial charge in [-0.3, -0.25) is 15.0 Å². The quantitative estimate of drug-likeness (QED) is 0.351. The van der Waals surface area contributed by atoms with Gasteiger partial charge >= 0.3 is 0 Å². The lowest BCUT2D eigenvalue weighted by molar-refractivity contribution is -0.118. The van der Waals surface area contributed by atoms with Crippen LogP contribution in [-0.2, 0) is 17.6 Å². The average molecular weight is 511 g/mol. The predicted molar refractivity (Wildman–Crippen MR) is 144 cm³/mol. The van der Waals surface area contributed by atoms with Crippen molar-refractivity contribution in [3.05, 3.63) is 94.0 Å². The van der Waals surface area contributed by atoms with Crippen molar-refractivity contribution >= 4 is 53.0 Å². The van der Waals surface area contributed by atoms with Gasteiger partial charge in [0.1, 0.15) is 5.84 Å². The molecule has 0 bridgehead atoms. The highest BCUT2D eigenvalue weighted by atomic mass is 35.5. The van der Waals surface area contributed by atoms with Crippen molar-refractivity contribution in [3.8, 4) is 0 Å². The van der Waals surface area contributed by atoms with E-state index < -0.39 is 0 Å². The minimum Gasteiger partial charge on any atom is -0.384 e. The number of halogens is 2. The van der Waals surface area contributed by atoms with Gasteiger partial charge in [-0.25, -0.2) is 0 Å². The summed E-state index contributed by atoms with van der Waals surface area (Å²) >= 11 is 5.94. The van der Waals surface area contributed by atoms with Gasteiger partial charge in [0.2, 0.25) is 5.91 Å². The van der Waals surface area contributed by atoms with Gasteiger partial charge < -0.3 is 15.5 Å². The molecule has 0 aliphatic carbocycles. The van der Waals surface area contributed by atoms with Gasteiger partial charge in [-0.2, -0.15) is 0 Å². The number of nitrogens with two attached hydrogens (primary N) is 1. The first kappa shape index (κ1) is 26.3. The zero-order chi connectivity index (χ0) is 24.2. The van der Waals surface area contributed by atoms with Gasteiger partial charge in [0.25, 0.3) is 5.91 Å². The van der Waals surface area contributed by atoms with Crippen LogP contribution in [-0.4, -0.2) is 31.2 Å². The topological polar surface area (TPSA) is 90.5 Å². The van der Waals surface area contributed by atoms with Crippen molar-refractivity contribution in [1.82, 2.24) is 0 Å². The molecule has 8 heteroatoms. The lowest BCUT2D eigenvalue weighted by atomic mass is 9.99. The van der Waals surface area contributed by atoms with Crippen LogP contribution >= 0.6 is 24.0 Å².